The summed E-state index contributed by atoms with van der Waals surface area (Å²) in [5.41, 5.74) is 0.328. The molecule has 2 aromatic rings. The van der Waals surface area contributed by atoms with Crippen molar-refractivity contribution in [1.29, 1.82) is 0 Å². The van der Waals surface area contributed by atoms with E-state index in [-0.39, 0.29) is 10.8 Å². The molecule has 0 unspecified atom stereocenters. The SMILES string of the molecule is CN(C)C(=O)c1cc(S(=O)(=O)N(C)CCCOc2ccccc2)cn1C. The maximum Gasteiger partial charge on any atom is 0.269 e. The molecule has 7 nitrogen and oxygen atoms in total. The number of nitrogens with zero attached hydrogens (tertiary/aromatic N) is 3. The molecule has 1 heterocycles. The summed E-state index contributed by atoms with van der Waals surface area (Å²) in [5.74, 6) is 0.515. The zero-order valence-electron chi connectivity index (χ0n) is 15.5. The van der Waals surface area contributed by atoms with E-state index in [1.54, 1.807) is 21.1 Å². The van der Waals surface area contributed by atoms with Crippen LogP contribution in [0.25, 0.3) is 0 Å². The summed E-state index contributed by atoms with van der Waals surface area (Å²) in [5, 5.41) is 0. The van der Waals surface area contributed by atoms with E-state index in [4.69, 9.17) is 4.74 Å². The maximum absolute atomic E-state index is 12.7. The highest BCUT2D eigenvalue weighted by atomic mass is 32.2. The fraction of sp³-hybridized carbons (Fsp3) is 0.389. The van der Waals surface area contributed by atoms with Crippen molar-refractivity contribution in [1.82, 2.24) is 13.8 Å². The highest BCUT2D eigenvalue weighted by molar-refractivity contribution is 7.89. The van der Waals surface area contributed by atoms with E-state index < -0.39 is 10.0 Å². The van der Waals surface area contributed by atoms with Crippen molar-refractivity contribution in [3.8, 4) is 5.75 Å². The molecule has 0 spiro atoms. The van der Waals surface area contributed by atoms with Gasteiger partial charge in [-0.2, -0.15) is 0 Å². The summed E-state index contributed by atoms with van der Waals surface area (Å²) in [6.45, 7) is 0.740. The second kappa shape index (κ2) is 8.37. The van der Waals surface area contributed by atoms with E-state index >= 15 is 0 Å². The Balaban J connectivity index is 1.98. The Hall–Kier alpha value is -2.32. The highest BCUT2D eigenvalue weighted by Crippen LogP contribution is 2.18. The van der Waals surface area contributed by atoms with Crippen LogP contribution in [-0.4, -0.2) is 62.4 Å². The van der Waals surface area contributed by atoms with Crippen molar-refractivity contribution in [2.45, 2.75) is 11.3 Å². The van der Waals surface area contributed by atoms with Crippen LogP contribution in [0.1, 0.15) is 16.9 Å². The number of sulfonamides is 1. The number of para-hydroxylation sites is 1. The molecule has 8 heteroatoms. The van der Waals surface area contributed by atoms with Crippen LogP contribution in [0.5, 0.6) is 5.75 Å². The Morgan fingerprint density at radius 3 is 2.42 bits per heavy atom. The molecule has 26 heavy (non-hydrogen) atoms. The lowest BCUT2D eigenvalue weighted by molar-refractivity contribution is 0.0818. The van der Waals surface area contributed by atoms with Crippen molar-refractivity contribution < 1.29 is 17.9 Å². The largest absolute Gasteiger partial charge is 0.494 e. The average Bonchev–Trinajstić information content (AvgIpc) is 3.01. The number of carbonyl (C=O) groups excluding carboxylic acids is 1. The summed E-state index contributed by atoms with van der Waals surface area (Å²) in [6.07, 6.45) is 2.02. The smallest absolute Gasteiger partial charge is 0.269 e. The molecule has 0 saturated carbocycles. The first-order valence-electron chi connectivity index (χ1n) is 8.25. The Bertz CT molecular complexity index is 845. The van der Waals surface area contributed by atoms with Gasteiger partial charge in [-0.25, -0.2) is 12.7 Å². The standard InChI is InChI=1S/C18H25N3O4S/c1-19(2)18(22)17-13-16(14-20(17)3)26(23,24)21(4)11-8-12-25-15-9-6-5-7-10-15/h5-7,9-10,13-14H,8,11-12H2,1-4H3. The van der Waals surface area contributed by atoms with Gasteiger partial charge in [-0.3, -0.25) is 4.79 Å². The molecule has 0 saturated heterocycles. The minimum absolute atomic E-state index is 0.108. The highest BCUT2D eigenvalue weighted by Gasteiger charge is 2.25. The zero-order valence-corrected chi connectivity index (χ0v) is 16.4. The summed E-state index contributed by atoms with van der Waals surface area (Å²) in [7, 11) is 2.78. The van der Waals surface area contributed by atoms with Gasteiger partial charge in [0.25, 0.3) is 5.91 Å². The van der Waals surface area contributed by atoms with Crippen LogP contribution in [0.3, 0.4) is 0 Å². The minimum Gasteiger partial charge on any atom is -0.494 e. The molecular weight excluding hydrogens is 354 g/mol. The fourth-order valence-corrected chi connectivity index (χ4v) is 3.69. The predicted molar refractivity (Wildman–Crippen MR) is 99.8 cm³/mol. The fourth-order valence-electron chi connectivity index (χ4n) is 2.41. The van der Waals surface area contributed by atoms with Crippen LogP contribution in [0, 0.1) is 0 Å². The topological polar surface area (TPSA) is 71.8 Å². The number of amides is 1. The second-order valence-corrected chi connectivity index (χ2v) is 8.26. The molecule has 0 aliphatic carbocycles. The van der Waals surface area contributed by atoms with Crippen LogP contribution < -0.4 is 4.74 Å². The first-order valence-corrected chi connectivity index (χ1v) is 9.69. The van der Waals surface area contributed by atoms with Gasteiger partial charge in [-0.05, 0) is 24.6 Å². The quantitative estimate of drug-likeness (QED) is 0.656. The van der Waals surface area contributed by atoms with Crippen molar-refractivity contribution >= 4 is 15.9 Å². The monoisotopic (exact) mass is 379 g/mol. The van der Waals surface area contributed by atoms with E-state index in [0.29, 0.717) is 25.3 Å². The molecule has 0 N–H and O–H groups in total. The van der Waals surface area contributed by atoms with Gasteiger partial charge in [0.2, 0.25) is 10.0 Å². The lowest BCUT2D eigenvalue weighted by Gasteiger charge is -2.16. The van der Waals surface area contributed by atoms with Crippen LogP contribution >= 0.6 is 0 Å². The van der Waals surface area contributed by atoms with E-state index in [1.807, 2.05) is 30.3 Å². The van der Waals surface area contributed by atoms with Gasteiger partial charge < -0.3 is 14.2 Å². The number of ether oxygens (including phenoxy) is 1. The third kappa shape index (κ3) is 4.64. The lowest BCUT2D eigenvalue weighted by Crippen LogP contribution is -2.28. The molecule has 0 radical (unpaired) electrons. The number of aromatic nitrogens is 1. The number of hydrogen-bond donors (Lipinski definition) is 0. The number of aryl methyl sites for hydroxylation is 1. The number of hydrogen-bond acceptors (Lipinski definition) is 4. The Morgan fingerprint density at radius 1 is 1.15 bits per heavy atom. The molecule has 1 aromatic carbocycles. The summed E-state index contributed by atoms with van der Waals surface area (Å²) < 4.78 is 33.8. The molecule has 0 bridgehead atoms. The molecule has 0 aliphatic heterocycles. The minimum atomic E-state index is -3.66. The van der Waals surface area contributed by atoms with Crippen molar-refractivity contribution in [2.75, 3.05) is 34.3 Å². The molecule has 1 aromatic heterocycles. The van der Waals surface area contributed by atoms with Crippen molar-refractivity contribution in [3.05, 3.63) is 48.3 Å². The number of rotatable bonds is 8. The second-order valence-electron chi connectivity index (χ2n) is 6.21. The molecule has 0 fully saturated rings. The summed E-state index contributed by atoms with van der Waals surface area (Å²) in [4.78, 5) is 13.6. The normalized spacial score (nSPS) is 11.6. The van der Waals surface area contributed by atoms with E-state index in [0.717, 1.165) is 5.75 Å². The van der Waals surface area contributed by atoms with Gasteiger partial charge >= 0.3 is 0 Å². The third-order valence-corrected chi connectivity index (χ3v) is 5.76. The number of benzene rings is 1. The van der Waals surface area contributed by atoms with E-state index in [9.17, 15) is 13.2 Å². The first-order chi connectivity index (χ1) is 12.2. The maximum atomic E-state index is 12.7. The van der Waals surface area contributed by atoms with Gasteiger partial charge in [0.05, 0.1) is 6.61 Å². The zero-order chi connectivity index (χ0) is 19.3. The van der Waals surface area contributed by atoms with Crippen LogP contribution in [0.2, 0.25) is 0 Å². The van der Waals surface area contributed by atoms with Crippen LogP contribution in [0.4, 0.5) is 0 Å². The molecule has 2 rings (SSSR count). The summed E-state index contributed by atoms with van der Waals surface area (Å²) >= 11 is 0. The molecule has 0 atom stereocenters. The van der Waals surface area contributed by atoms with Gasteiger partial charge in [-0.15, -0.1) is 0 Å². The van der Waals surface area contributed by atoms with Crippen molar-refractivity contribution in [2.24, 2.45) is 7.05 Å². The first kappa shape index (κ1) is 20.0. The van der Waals surface area contributed by atoms with E-state index in [2.05, 4.69) is 0 Å². The van der Waals surface area contributed by atoms with Crippen LogP contribution in [-0.2, 0) is 17.1 Å². The van der Waals surface area contributed by atoms with Crippen LogP contribution in [0.15, 0.2) is 47.5 Å². The average molecular weight is 379 g/mol. The molecule has 1 amide bonds. The Labute approximate surface area is 154 Å². The molecule has 142 valence electrons. The summed E-state index contributed by atoms with van der Waals surface area (Å²) in [6, 6.07) is 10.8. The van der Waals surface area contributed by atoms with Gasteiger partial charge in [0.1, 0.15) is 16.3 Å². The van der Waals surface area contributed by atoms with Gasteiger partial charge in [-0.1, -0.05) is 18.2 Å². The predicted octanol–water partition coefficient (Wildman–Crippen LogP) is 1.82. The van der Waals surface area contributed by atoms with E-state index in [1.165, 1.54) is 33.1 Å². The van der Waals surface area contributed by atoms with Gasteiger partial charge in [0, 0.05) is 40.9 Å². The van der Waals surface area contributed by atoms with Crippen molar-refractivity contribution in [3.63, 3.8) is 0 Å². The van der Waals surface area contributed by atoms with Gasteiger partial charge in [0.15, 0.2) is 0 Å². The lowest BCUT2D eigenvalue weighted by atomic mass is 10.3. The molecular formula is C18H25N3O4S. The third-order valence-electron chi connectivity index (χ3n) is 3.94. The molecule has 0 aliphatic rings. The number of carbonyl (C=O) groups is 1. The Kier molecular flexibility index (Phi) is 6.44. The Morgan fingerprint density at radius 2 is 1.81 bits per heavy atom.